The van der Waals surface area contributed by atoms with Crippen LogP contribution in [0.2, 0.25) is 0 Å². The zero-order valence-corrected chi connectivity index (χ0v) is 10.8. The first-order valence-electron chi connectivity index (χ1n) is 6.04. The third-order valence-corrected chi connectivity index (χ3v) is 4.01. The third kappa shape index (κ3) is 1.44. The average molecular weight is 316 g/mol. The number of nitrogens with zero attached hydrogens (tertiary/aromatic N) is 5. The lowest BCUT2D eigenvalue weighted by atomic mass is 10.1. The number of halogens is 2. The minimum Gasteiger partial charge on any atom is -0.387 e. The van der Waals surface area contributed by atoms with E-state index in [9.17, 15) is 23.8 Å². The summed E-state index contributed by atoms with van der Waals surface area (Å²) in [6.45, 7) is -0.718. The number of nitrogen functional groups attached to an aromatic ring is 1. The first-order chi connectivity index (χ1) is 10.2. The fraction of sp³-hybridized carbons (Fsp3) is 0.600. The molecule has 2 fully saturated rings. The monoisotopic (exact) mass is 316 g/mol. The summed E-state index contributed by atoms with van der Waals surface area (Å²) in [6.07, 6.45) is -3.23. The van der Waals surface area contributed by atoms with Gasteiger partial charge in [0.2, 0.25) is 6.23 Å². The maximum atomic E-state index is 14.4. The Morgan fingerprint density at radius 2 is 2.32 bits per heavy atom. The Hall–Kier alpha value is -2.27. The van der Waals surface area contributed by atoms with Gasteiger partial charge < -0.3 is 20.7 Å². The standard InChI is InChI=1S/C10H10F2N6O4/c11-10(12)6(18-2-1-4(13)16-7(18)20)22-8(3-15-17-14)5(19)9(8,10)21/h1-2,5-6,19,21H,3H2,(H2,13,16,20)/t5?,6-,8-,9-/m1/s1. The molecular weight excluding hydrogens is 306 g/mol. The normalized spacial score (nSPS) is 38.2. The number of alkyl halides is 2. The summed E-state index contributed by atoms with van der Waals surface area (Å²) < 4.78 is 34.3. The summed E-state index contributed by atoms with van der Waals surface area (Å²) in [5, 5.41) is 22.8. The van der Waals surface area contributed by atoms with E-state index in [2.05, 4.69) is 15.0 Å². The van der Waals surface area contributed by atoms with E-state index in [-0.39, 0.29) is 5.82 Å². The van der Waals surface area contributed by atoms with Crippen molar-refractivity contribution >= 4 is 5.82 Å². The molecule has 1 aromatic rings. The molecule has 4 N–H and O–H groups in total. The van der Waals surface area contributed by atoms with Crippen molar-refractivity contribution in [3.05, 3.63) is 33.2 Å². The number of rotatable bonds is 3. The van der Waals surface area contributed by atoms with E-state index < -0.39 is 41.7 Å². The molecule has 1 saturated carbocycles. The maximum Gasteiger partial charge on any atom is 0.351 e. The van der Waals surface area contributed by atoms with Crippen molar-refractivity contribution < 1.29 is 23.7 Å². The van der Waals surface area contributed by atoms with Crippen LogP contribution in [0.4, 0.5) is 14.6 Å². The molecule has 0 amide bonds. The minimum absolute atomic E-state index is 0.171. The number of aliphatic hydroxyl groups excluding tert-OH is 1. The molecule has 1 aliphatic heterocycles. The van der Waals surface area contributed by atoms with Gasteiger partial charge in [0.1, 0.15) is 17.5 Å². The van der Waals surface area contributed by atoms with Crippen LogP contribution in [-0.4, -0.2) is 49.5 Å². The quantitative estimate of drug-likeness (QED) is 0.374. The molecule has 4 atom stereocenters. The molecule has 1 unspecified atom stereocenters. The van der Waals surface area contributed by atoms with Gasteiger partial charge in [-0.1, -0.05) is 5.11 Å². The molecule has 22 heavy (non-hydrogen) atoms. The SMILES string of the molecule is [N-]=[N+]=NC[C@]12O[C@@H](n3ccc(N)nc3=O)C(F)(F)[C@@]1(O)C2O. The van der Waals surface area contributed by atoms with Crippen LogP contribution in [0, 0.1) is 0 Å². The Kier molecular flexibility index (Phi) is 2.76. The predicted molar refractivity (Wildman–Crippen MR) is 65.7 cm³/mol. The second-order valence-corrected chi connectivity index (χ2v) is 5.08. The second kappa shape index (κ2) is 4.14. The second-order valence-electron chi connectivity index (χ2n) is 5.08. The number of anilines is 1. The zero-order chi connectivity index (χ0) is 16.3. The predicted octanol–water partition coefficient (Wildman–Crippen LogP) is -0.856. The molecule has 1 aromatic heterocycles. The summed E-state index contributed by atoms with van der Waals surface area (Å²) in [5.41, 5.74) is 7.32. The summed E-state index contributed by atoms with van der Waals surface area (Å²) in [5.74, 6) is -4.19. The summed E-state index contributed by atoms with van der Waals surface area (Å²) >= 11 is 0. The van der Waals surface area contributed by atoms with Crippen LogP contribution in [0.15, 0.2) is 22.2 Å². The van der Waals surface area contributed by atoms with Crippen molar-refractivity contribution in [2.45, 2.75) is 29.5 Å². The van der Waals surface area contributed by atoms with Gasteiger partial charge in [-0.2, -0.15) is 13.8 Å². The number of nitrogens with two attached hydrogens (primary N) is 1. The van der Waals surface area contributed by atoms with Gasteiger partial charge in [0.05, 0.1) is 6.54 Å². The van der Waals surface area contributed by atoms with Gasteiger partial charge >= 0.3 is 11.6 Å². The largest absolute Gasteiger partial charge is 0.387 e. The summed E-state index contributed by atoms with van der Waals surface area (Å²) in [6, 6.07) is 1.10. The molecule has 0 spiro atoms. The molecule has 3 rings (SSSR count). The Bertz CT molecular complexity index is 749. The van der Waals surface area contributed by atoms with E-state index in [1.54, 1.807) is 0 Å². The highest BCUT2D eigenvalue weighted by Crippen LogP contribution is 2.69. The lowest BCUT2D eigenvalue weighted by molar-refractivity contribution is -0.201. The molecule has 10 nitrogen and oxygen atoms in total. The number of aliphatic hydroxyl groups is 2. The van der Waals surface area contributed by atoms with Crippen LogP contribution in [0.1, 0.15) is 6.23 Å². The van der Waals surface area contributed by atoms with Gasteiger partial charge in [0, 0.05) is 11.1 Å². The number of fused-ring (bicyclic) bond motifs is 1. The topological polar surface area (TPSA) is 159 Å². The number of azide groups is 1. The zero-order valence-electron chi connectivity index (χ0n) is 10.8. The van der Waals surface area contributed by atoms with Crippen LogP contribution in [0.25, 0.3) is 10.4 Å². The fourth-order valence-corrected chi connectivity index (χ4v) is 2.77. The van der Waals surface area contributed by atoms with Gasteiger partial charge in [-0.15, -0.1) is 0 Å². The van der Waals surface area contributed by atoms with Crippen LogP contribution >= 0.6 is 0 Å². The van der Waals surface area contributed by atoms with Crippen molar-refractivity contribution in [2.24, 2.45) is 5.11 Å². The summed E-state index contributed by atoms with van der Waals surface area (Å²) in [4.78, 5) is 17.4. The van der Waals surface area contributed by atoms with Crippen LogP contribution in [-0.2, 0) is 4.74 Å². The van der Waals surface area contributed by atoms with Crippen LogP contribution in [0.5, 0.6) is 0 Å². The Labute approximate surface area is 120 Å². The maximum absolute atomic E-state index is 14.4. The Morgan fingerprint density at radius 1 is 1.64 bits per heavy atom. The van der Waals surface area contributed by atoms with Gasteiger partial charge in [-0.25, -0.2) is 4.79 Å². The Balaban J connectivity index is 2.06. The molecule has 118 valence electrons. The molecule has 0 bridgehead atoms. The van der Waals surface area contributed by atoms with Crippen molar-refractivity contribution in [3.8, 4) is 0 Å². The van der Waals surface area contributed by atoms with Crippen molar-refractivity contribution in [2.75, 3.05) is 12.3 Å². The number of aromatic nitrogens is 2. The van der Waals surface area contributed by atoms with E-state index in [1.807, 2.05) is 0 Å². The van der Waals surface area contributed by atoms with Gasteiger partial charge in [0.25, 0.3) is 0 Å². The first kappa shape index (κ1) is 14.7. The molecule has 12 heteroatoms. The summed E-state index contributed by atoms with van der Waals surface area (Å²) in [7, 11) is 0. The molecule has 1 saturated heterocycles. The number of ether oxygens (including phenoxy) is 1. The number of hydrogen-bond acceptors (Lipinski definition) is 7. The average Bonchev–Trinajstić information content (AvgIpc) is 2.84. The molecule has 0 radical (unpaired) electrons. The smallest absolute Gasteiger partial charge is 0.351 e. The fourth-order valence-electron chi connectivity index (χ4n) is 2.77. The molecule has 2 heterocycles. The van der Waals surface area contributed by atoms with Crippen molar-refractivity contribution in [1.82, 2.24) is 9.55 Å². The molecule has 0 aromatic carbocycles. The third-order valence-electron chi connectivity index (χ3n) is 4.01. The molecule has 2 aliphatic rings. The first-order valence-corrected chi connectivity index (χ1v) is 6.04. The molecule has 1 aliphatic carbocycles. The van der Waals surface area contributed by atoms with E-state index in [4.69, 9.17) is 16.0 Å². The highest BCUT2D eigenvalue weighted by molar-refractivity contribution is 5.39. The van der Waals surface area contributed by atoms with Gasteiger partial charge in [0.15, 0.2) is 5.60 Å². The lowest BCUT2D eigenvalue weighted by Crippen LogP contribution is -2.46. The lowest BCUT2D eigenvalue weighted by Gasteiger charge is -2.26. The van der Waals surface area contributed by atoms with E-state index in [1.165, 1.54) is 0 Å². The Morgan fingerprint density at radius 3 is 2.91 bits per heavy atom. The minimum atomic E-state index is -4.01. The van der Waals surface area contributed by atoms with E-state index >= 15 is 0 Å². The highest BCUT2D eigenvalue weighted by atomic mass is 19.3. The van der Waals surface area contributed by atoms with Crippen molar-refractivity contribution in [1.29, 1.82) is 0 Å². The van der Waals surface area contributed by atoms with Gasteiger partial charge in [-0.3, -0.25) is 4.57 Å². The highest BCUT2D eigenvalue weighted by Gasteiger charge is 2.94. The molecular formula is C10H10F2N6O4. The van der Waals surface area contributed by atoms with E-state index in [0.29, 0.717) is 4.57 Å². The number of hydrogen-bond donors (Lipinski definition) is 3. The van der Waals surface area contributed by atoms with Crippen LogP contribution in [0.3, 0.4) is 0 Å². The van der Waals surface area contributed by atoms with E-state index in [0.717, 1.165) is 12.3 Å². The van der Waals surface area contributed by atoms with Gasteiger partial charge in [-0.05, 0) is 11.6 Å². The van der Waals surface area contributed by atoms with Crippen LogP contribution < -0.4 is 11.4 Å². The van der Waals surface area contributed by atoms with Crippen molar-refractivity contribution in [3.63, 3.8) is 0 Å².